The highest BCUT2D eigenvalue weighted by atomic mass is 16.5. The van der Waals surface area contributed by atoms with Gasteiger partial charge < -0.3 is 20.3 Å². The Kier molecular flexibility index (Phi) is 56.0. The molecule has 400 valence electrons. The minimum atomic E-state index is -0.851. The van der Waals surface area contributed by atoms with E-state index in [1.807, 2.05) is 6.08 Å². The fourth-order valence-corrected chi connectivity index (χ4v) is 9.25. The molecule has 1 amide bonds. The van der Waals surface area contributed by atoms with Crippen LogP contribution < -0.4 is 5.32 Å². The number of ether oxygens (including phenoxy) is 1. The van der Waals surface area contributed by atoms with Gasteiger partial charge in [0.05, 0.1) is 25.4 Å². The van der Waals surface area contributed by atoms with E-state index >= 15 is 0 Å². The minimum absolute atomic E-state index is 0.00757. The summed E-state index contributed by atoms with van der Waals surface area (Å²) in [4.78, 5) is 24.6. The summed E-state index contributed by atoms with van der Waals surface area (Å²) in [6.45, 7) is 4.88. The van der Waals surface area contributed by atoms with Crippen molar-refractivity contribution in [2.75, 3.05) is 13.2 Å². The van der Waals surface area contributed by atoms with Crippen molar-refractivity contribution in [3.8, 4) is 0 Å². The molecule has 6 heteroatoms. The Morgan fingerprint density at radius 3 is 1.13 bits per heavy atom. The number of nitrogens with one attached hydrogen (secondary N) is 1. The molecule has 0 saturated heterocycles. The molecule has 0 aromatic rings. The van der Waals surface area contributed by atoms with Gasteiger partial charge in [-0.2, -0.15) is 0 Å². The zero-order valence-corrected chi connectivity index (χ0v) is 45.6. The third kappa shape index (κ3) is 53.4. The average Bonchev–Trinajstić information content (AvgIpc) is 3.34. The number of hydrogen-bond donors (Lipinski definition) is 3. The van der Waals surface area contributed by atoms with Crippen LogP contribution in [0.4, 0.5) is 0 Å². The maximum absolute atomic E-state index is 12.5. The van der Waals surface area contributed by atoms with E-state index in [2.05, 4.69) is 43.5 Å². The Hall–Kier alpha value is -1.92. The summed E-state index contributed by atoms with van der Waals surface area (Å²) in [7, 11) is 0. The topological polar surface area (TPSA) is 95.9 Å². The van der Waals surface area contributed by atoms with Crippen molar-refractivity contribution in [3.63, 3.8) is 0 Å². The third-order valence-electron chi connectivity index (χ3n) is 13.9. The van der Waals surface area contributed by atoms with E-state index in [0.29, 0.717) is 19.4 Å². The van der Waals surface area contributed by atoms with E-state index in [9.17, 15) is 19.8 Å². The molecule has 0 saturated carbocycles. The van der Waals surface area contributed by atoms with Crippen molar-refractivity contribution >= 4 is 11.9 Å². The number of aliphatic hydroxyl groups excluding tert-OH is 2. The first-order valence-electron chi connectivity index (χ1n) is 30.3. The molecule has 0 aromatic carbocycles. The Morgan fingerprint density at radius 1 is 0.412 bits per heavy atom. The van der Waals surface area contributed by atoms with Crippen molar-refractivity contribution < 1.29 is 24.5 Å². The van der Waals surface area contributed by atoms with Gasteiger partial charge in [-0.1, -0.05) is 281 Å². The van der Waals surface area contributed by atoms with E-state index < -0.39 is 12.1 Å². The molecule has 0 bridgehead atoms. The third-order valence-corrected chi connectivity index (χ3v) is 13.9. The van der Waals surface area contributed by atoms with Crippen LogP contribution in [0.25, 0.3) is 0 Å². The predicted octanol–water partition coefficient (Wildman–Crippen LogP) is 18.8. The predicted molar refractivity (Wildman–Crippen MR) is 296 cm³/mol. The highest BCUT2D eigenvalue weighted by molar-refractivity contribution is 5.76. The van der Waals surface area contributed by atoms with Gasteiger partial charge in [-0.3, -0.25) is 9.59 Å². The number of amides is 1. The summed E-state index contributed by atoms with van der Waals surface area (Å²) >= 11 is 0. The van der Waals surface area contributed by atoms with Crippen LogP contribution in [0.15, 0.2) is 36.5 Å². The number of allylic oxidation sites excluding steroid dienone is 5. The molecule has 0 radical (unpaired) electrons. The molecule has 0 aromatic heterocycles. The summed E-state index contributed by atoms with van der Waals surface area (Å²) in [5.74, 6) is -0.0826. The minimum Gasteiger partial charge on any atom is -0.466 e. The van der Waals surface area contributed by atoms with E-state index in [-0.39, 0.29) is 18.5 Å². The number of aliphatic hydroxyl groups is 2. The van der Waals surface area contributed by atoms with Gasteiger partial charge in [0.2, 0.25) is 5.91 Å². The van der Waals surface area contributed by atoms with Crippen LogP contribution in [-0.4, -0.2) is 47.4 Å². The van der Waals surface area contributed by atoms with E-state index in [4.69, 9.17) is 4.74 Å². The molecule has 0 spiro atoms. The largest absolute Gasteiger partial charge is 0.466 e. The monoisotopic (exact) mass is 956 g/mol. The Morgan fingerprint density at radius 2 is 0.735 bits per heavy atom. The molecule has 0 fully saturated rings. The number of carbonyl (C=O) groups is 2. The molecule has 0 aliphatic carbocycles. The molecule has 0 aliphatic heterocycles. The van der Waals surface area contributed by atoms with Gasteiger partial charge in [0.25, 0.3) is 0 Å². The van der Waals surface area contributed by atoms with Crippen molar-refractivity contribution in [2.24, 2.45) is 0 Å². The Balaban J connectivity index is 3.46. The maximum atomic E-state index is 12.5. The Labute approximate surface area is 424 Å². The summed E-state index contributed by atoms with van der Waals surface area (Å²) in [6.07, 6.45) is 71.6. The SMILES string of the molecule is CCCCCC/C=C\C/C=C\CCCCCCCCCC(=O)OCCCCCCCCCCCCCCCCCC(=O)NC(CO)C(O)/C=C/CCCCCCCCCCCCCCCCCC. The maximum Gasteiger partial charge on any atom is 0.305 e. The first-order chi connectivity index (χ1) is 33.5. The molecule has 2 atom stereocenters. The highest BCUT2D eigenvalue weighted by Gasteiger charge is 2.18. The molecule has 3 N–H and O–H groups in total. The van der Waals surface area contributed by atoms with Gasteiger partial charge in [0.1, 0.15) is 0 Å². The molecular formula is C62H117NO5. The van der Waals surface area contributed by atoms with Crippen LogP contribution in [0.5, 0.6) is 0 Å². The Bertz CT molecular complexity index is 1100. The van der Waals surface area contributed by atoms with Gasteiger partial charge in [-0.25, -0.2) is 0 Å². The lowest BCUT2D eigenvalue weighted by atomic mass is 10.0. The second kappa shape index (κ2) is 57.7. The van der Waals surface area contributed by atoms with Crippen LogP contribution in [0.1, 0.15) is 322 Å². The lowest BCUT2D eigenvalue weighted by Crippen LogP contribution is -2.45. The lowest BCUT2D eigenvalue weighted by Gasteiger charge is -2.20. The van der Waals surface area contributed by atoms with Crippen LogP contribution >= 0.6 is 0 Å². The molecule has 0 aliphatic rings. The second-order valence-electron chi connectivity index (χ2n) is 20.7. The van der Waals surface area contributed by atoms with E-state index in [0.717, 1.165) is 64.2 Å². The zero-order chi connectivity index (χ0) is 49.3. The lowest BCUT2D eigenvalue weighted by molar-refractivity contribution is -0.143. The summed E-state index contributed by atoms with van der Waals surface area (Å²) in [6, 6.07) is -0.635. The van der Waals surface area contributed by atoms with Gasteiger partial charge >= 0.3 is 5.97 Å². The number of unbranched alkanes of at least 4 members (excludes halogenated alkanes) is 41. The van der Waals surface area contributed by atoms with Gasteiger partial charge in [0, 0.05) is 12.8 Å². The average molecular weight is 957 g/mol. The summed E-state index contributed by atoms with van der Waals surface area (Å²) in [5.41, 5.74) is 0. The van der Waals surface area contributed by atoms with E-state index in [1.165, 1.54) is 231 Å². The normalized spacial score (nSPS) is 12.8. The molecule has 0 rings (SSSR count). The summed E-state index contributed by atoms with van der Waals surface area (Å²) < 4.78 is 5.48. The first-order valence-corrected chi connectivity index (χ1v) is 30.3. The quantitative estimate of drug-likeness (QED) is 0.0321. The van der Waals surface area contributed by atoms with E-state index in [1.54, 1.807) is 6.08 Å². The molecule has 2 unspecified atom stereocenters. The second-order valence-corrected chi connectivity index (χ2v) is 20.7. The van der Waals surface area contributed by atoms with Crippen molar-refractivity contribution in [1.82, 2.24) is 5.32 Å². The fourth-order valence-electron chi connectivity index (χ4n) is 9.25. The first kappa shape index (κ1) is 66.1. The smallest absolute Gasteiger partial charge is 0.305 e. The number of rotatable bonds is 56. The van der Waals surface area contributed by atoms with Crippen molar-refractivity contribution in [3.05, 3.63) is 36.5 Å². The van der Waals surface area contributed by atoms with Crippen LogP contribution in [0.2, 0.25) is 0 Å². The highest BCUT2D eigenvalue weighted by Crippen LogP contribution is 2.17. The standard InChI is InChI=1S/C62H117NO5/c1-3-5-7-9-11-13-15-17-19-21-23-26-30-34-38-42-46-50-54-60(65)59(58-64)63-61(66)55-51-47-43-39-35-31-27-25-29-33-37-41-45-49-53-57-68-62(67)56-52-48-44-40-36-32-28-24-22-20-18-16-14-12-10-8-6-4-2/h14,16,20,22,50,54,59-60,64-65H,3-13,15,17-19,21,23-49,51-53,55-58H2,1-2H3,(H,63,66)/b16-14-,22-20-,54-50+. The molecular weight excluding hydrogens is 839 g/mol. The van der Waals surface area contributed by atoms with Gasteiger partial charge in [-0.15, -0.1) is 0 Å². The van der Waals surface area contributed by atoms with Crippen LogP contribution in [-0.2, 0) is 14.3 Å². The van der Waals surface area contributed by atoms with Crippen molar-refractivity contribution in [1.29, 1.82) is 0 Å². The molecule has 68 heavy (non-hydrogen) atoms. The van der Waals surface area contributed by atoms with Crippen molar-refractivity contribution in [2.45, 2.75) is 334 Å². The summed E-state index contributed by atoms with van der Waals surface area (Å²) in [5, 5.41) is 23.2. The number of carbonyl (C=O) groups excluding carboxylic acids is 2. The number of hydrogen-bond acceptors (Lipinski definition) is 5. The van der Waals surface area contributed by atoms with Crippen LogP contribution in [0, 0.1) is 0 Å². The van der Waals surface area contributed by atoms with Gasteiger partial charge in [0.15, 0.2) is 0 Å². The van der Waals surface area contributed by atoms with Crippen LogP contribution in [0.3, 0.4) is 0 Å². The van der Waals surface area contributed by atoms with Gasteiger partial charge in [-0.05, 0) is 64.2 Å². The fraction of sp³-hybridized carbons (Fsp3) is 0.871. The molecule has 6 nitrogen and oxygen atoms in total. The number of esters is 1. The molecule has 0 heterocycles. The zero-order valence-electron chi connectivity index (χ0n) is 45.6.